The van der Waals surface area contributed by atoms with Crippen molar-refractivity contribution in [2.24, 2.45) is 5.73 Å². The molecule has 20 heavy (non-hydrogen) atoms. The smallest absolute Gasteiger partial charge is 0.229 e. The minimum atomic E-state index is -0.458. The van der Waals surface area contributed by atoms with Crippen LogP contribution in [0.5, 0.6) is 0 Å². The lowest BCUT2D eigenvalue weighted by Gasteiger charge is -2.43. The first kappa shape index (κ1) is 16.4. The highest BCUT2D eigenvalue weighted by Crippen LogP contribution is 2.41. The van der Waals surface area contributed by atoms with Crippen LogP contribution in [0.2, 0.25) is 0 Å². The first-order chi connectivity index (χ1) is 9.47. The summed E-state index contributed by atoms with van der Waals surface area (Å²) < 4.78 is 0. The highest BCUT2D eigenvalue weighted by atomic mass is 16.1. The van der Waals surface area contributed by atoms with E-state index in [1.807, 2.05) is 44.1 Å². The fourth-order valence-corrected chi connectivity index (χ4v) is 2.67. The molecule has 0 radical (unpaired) electrons. The Kier molecular flexibility index (Phi) is 5.96. The Morgan fingerprint density at radius 1 is 1.40 bits per heavy atom. The Hall–Kier alpha value is -1.61. The number of hydrogen-bond donors (Lipinski definition) is 1. The molecule has 110 valence electrons. The molecule has 0 spiro atoms. The number of carbonyl (C=O) groups excluding carboxylic acids is 1. The summed E-state index contributed by atoms with van der Waals surface area (Å²) in [6, 6.07) is 8.03. The molecule has 0 bridgehead atoms. The van der Waals surface area contributed by atoms with Crippen LogP contribution < -0.4 is 5.73 Å². The molecule has 1 amide bonds. The number of allylic oxidation sites excluding steroid dienone is 2. The second-order valence-corrected chi connectivity index (χ2v) is 5.50. The van der Waals surface area contributed by atoms with Crippen LogP contribution >= 0.6 is 0 Å². The Balaban J connectivity index is 0.000000347. The van der Waals surface area contributed by atoms with E-state index in [0.717, 1.165) is 18.4 Å². The van der Waals surface area contributed by atoms with Gasteiger partial charge in [-0.1, -0.05) is 43.3 Å². The zero-order chi connectivity index (χ0) is 15.2. The van der Waals surface area contributed by atoms with E-state index in [9.17, 15) is 4.79 Å². The zero-order valence-corrected chi connectivity index (χ0v) is 13.0. The molecule has 0 saturated carbocycles. The van der Waals surface area contributed by atoms with Crippen molar-refractivity contribution in [3.8, 4) is 0 Å². The minimum Gasteiger partial charge on any atom is -0.369 e. The van der Waals surface area contributed by atoms with Crippen LogP contribution in [0.1, 0.15) is 31.4 Å². The molecule has 1 aromatic rings. The van der Waals surface area contributed by atoms with Crippen LogP contribution in [-0.4, -0.2) is 31.4 Å². The summed E-state index contributed by atoms with van der Waals surface area (Å²) in [6.45, 7) is 4.85. The average molecular weight is 274 g/mol. The number of likely N-dealkylation sites (N-methyl/N-ethyl adjacent to an activating group) is 1. The first-order valence-electron chi connectivity index (χ1n) is 7.12. The molecule has 2 N–H and O–H groups in total. The number of amides is 1. The number of hydrogen-bond acceptors (Lipinski definition) is 2. The standard InChI is InChI=1S/C12H16N2O.C5H10/c1-14(2)8-12(11(13)15)7-9-5-3-4-6-10(9)12;1-3-5-4-2/h3-6H,7-8H2,1-2H3,(H2,13,15);3,5H,4H2,1-2H3/b;5-3-. The van der Waals surface area contributed by atoms with E-state index in [1.54, 1.807) is 0 Å². The number of rotatable bonds is 4. The van der Waals surface area contributed by atoms with E-state index >= 15 is 0 Å². The SMILES string of the molecule is C/C=C\CC.CN(C)CC1(C(N)=O)Cc2ccccc21. The van der Waals surface area contributed by atoms with E-state index in [4.69, 9.17) is 5.73 Å². The Morgan fingerprint density at radius 3 is 2.45 bits per heavy atom. The highest BCUT2D eigenvalue weighted by Gasteiger charge is 2.47. The van der Waals surface area contributed by atoms with Crippen LogP contribution in [-0.2, 0) is 16.6 Å². The van der Waals surface area contributed by atoms with Gasteiger partial charge in [0, 0.05) is 6.54 Å². The number of carbonyl (C=O) groups is 1. The summed E-state index contributed by atoms with van der Waals surface area (Å²) in [7, 11) is 3.93. The first-order valence-corrected chi connectivity index (χ1v) is 7.12. The second kappa shape index (κ2) is 7.25. The Morgan fingerprint density at radius 2 is 2.05 bits per heavy atom. The second-order valence-electron chi connectivity index (χ2n) is 5.50. The lowest BCUT2D eigenvalue weighted by molar-refractivity contribution is -0.125. The molecule has 0 fully saturated rings. The van der Waals surface area contributed by atoms with Crippen LogP contribution in [0.15, 0.2) is 36.4 Å². The van der Waals surface area contributed by atoms with Crippen molar-refractivity contribution < 1.29 is 4.79 Å². The van der Waals surface area contributed by atoms with E-state index in [0.29, 0.717) is 6.54 Å². The Bertz CT molecular complexity index is 480. The van der Waals surface area contributed by atoms with Gasteiger partial charge in [0.15, 0.2) is 0 Å². The normalized spacial score (nSPS) is 20.1. The molecule has 2 rings (SSSR count). The summed E-state index contributed by atoms with van der Waals surface area (Å²) >= 11 is 0. The molecular weight excluding hydrogens is 248 g/mol. The van der Waals surface area contributed by atoms with Crippen molar-refractivity contribution in [3.63, 3.8) is 0 Å². The van der Waals surface area contributed by atoms with Gasteiger partial charge in [0.1, 0.15) is 0 Å². The minimum absolute atomic E-state index is 0.213. The van der Waals surface area contributed by atoms with Crippen LogP contribution in [0.25, 0.3) is 0 Å². The van der Waals surface area contributed by atoms with Crippen molar-refractivity contribution in [3.05, 3.63) is 47.5 Å². The maximum absolute atomic E-state index is 11.6. The maximum atomic E-state index is 11.6. The summed E-state index contributed by atoms with van der Waals surface area (Å²) in [5.41, 5.74) is 7.42. The van der Waals surface area contributed by atoms with Crippen LogP contribution in [0, 0.1) is 0 Å². The van der Waals surface area contributed by atoms with E-state index in [-0.39, 0.29) is 5.91 Å². The number of nitrogens with two attached hydrogens (primary N) is 1. The van der Waals surface area contributed by atoms with Gasteiger partial charge >= 0.3 is 0 Å². The van der Waals surface area contributed by atoms with Crippen molar-refractivity contribution >= 4 is 5.91 Å². The predicted molar refractivity (Wildman–Crippen MR) is 84.7 cm³/mol. The lowest BCUT2D eigenvalue weighted by Crippen LogP contribution is -2.55. The summed E-state index contributed by atoms with van der Waals surface area (Å²) in [6.07, 6.45) is 6.12. The quantitative estimate of drug-likeness (QED) is 0.858. The van der Waals surface area contributed by atoms with Crippen LogP contribution in [0.3, 0.4) is 0 Å². The molecule has 0 aliphatic heterocycles. The molecule has 3 heteroatoms. The van der Waals surface area contributed by atoms with E-state index < -0.39 is 5.41 Å². The zero-order valence-electron chi connectivity index (χ0n) is 13.0. The van der Waals surface area contributed by atoms with Gasteiger partial charge in [0.2, 0.25) is 5.91 Å². The third kappa shape index (κ3) is 3.48. The molecule has 1 aliphatic carbocycles. The number of fused-ring (bicyclic) bond motifs is 1. The fourth-order valence-electron chi connectivity index (χ4n) is 2.67. The molecule has 3 nitrogen and oxygen atoms in total. The van der Waals surface area contributed by atoms with Gasteiger partial charge in [-0.2, -0.15) is 0 Å². The van der Waals surface area contributed by atoms with Gasteiger partial charge in [-0.15, -0.1) is 0 Å². The topological polar surface area (TPSA) is 46.3 Å². The van der Waals surface area contributed by atoms with Gasteiger partial charge in [0.25, 0.3) is 0 Å². The molecule has 0 aromatic heterocycles. The van der Waals surface area contributed by atoms with Gasteiger partial charge < -0.3 is 10.6 Å². The Labute approximate surface area is 122 Å². The number of nitrogens with zero attached hydrogens (tertiary/aromatic N) is 1. The summed E-state index contributed by atoms with van der Waals surface area (Å²) in [4.78, 5) is 13.6. The molecule has 1 aromatic carbocycles. The average Bonchev–Trinajstić information content (AvgIpc) is 2.37. The van der Waals surface area contributed by atoms with Crippen molar-refractivity contribution in [2.75, 3.05) is 20.6 Å². The number of benzene rings is 1. The van der Waals surface area contributed by atoms with Gasteiger partial charge in [0.05, 0.1) is 5.41 Å². The fraction of sp³-hybridized carbons (Fsp3) is 0.471. The maximum Gasteiger partial charge on any atom is 0.229 e. The van der Waals surface area contributed by atoms with Crippen molar-refractivity contribution in [2.45, 2.75) is 32.1 Å². The predicted octanol–water partition coefficient (Wildman–Crippen LogP) is 2.50. The van der Waals surface area contributed by atoms with Crippen molar-refractivity contribution in [1.82, 2.24) is 4.90 Å². The molecule has 0 saturated heterocycles. The lowest BCUT2D eigenvalue weighted by atomic mass is 9.63. The largest absolute Gasteiger partial charge is 0.369 e. The molecule has 1 atom stereocenters. The molecular formula is C17H26N2O. The molecule has 1 unspecified atom stereocenters. The van der Waals surface area contributed by atoms with Gasteiger partial charge in [-0.3, -0.25) is 4.79 Å². The highest BCUT2D eigenvalue weighted by molar-refractivity contribution is 5.90. The monoisotopic (exact) mass is 274 g/mol. The van der Waals surface area contributed by atoms with Gasteiger partial charge in [-0.05, 0) is 45.0 Å². The van der Waals surface area contributed by atoms with E-state index in [1.165, 1.54) is 5.56 Å². The third-order valence-corrected chi connectivity index (χ3v) is 3.55. The van der Waals surface area contributed by atoms with Crippen LogP contribution in [0.4, 0.5) is 0 Å². The van der Waals surface area contributed by atoms with E-state index in [2.05, 4.69) is 25.1 Å². The summed E-state index contributed by atoms with van der Waals surface area (Å²) in [5.74, 6) is -0.213. The third-order valence-electron chi connectivity index (χ3n) is 3.55. The number of primary amides is 1. The molecule has 0 heterocycles. The van der Waals surface area contributed by atoms with Gasteiger partial charge in [-0.25, -0.2) is 0 Å². The van der Waals surface area contributed by atoms with Crippen molar-refractivity contribution in [1.29, 1.82) is 0 Å². The summed E-state index contributed by atoms with van der Waals surface area (Å²) in [5, 5.41) is 0. The molecule has 1 aliphatic rings.